The Morgan fingerprint density at radius 3 is 2.43 bits per heavy atom. The van der Waals surface area contributed by atoms with Gasteiger partial charge in [0.1, 0.15) is 12.6 Å². The highest BCUT2D eigenvalue weighted by Gasteiger charge is 2.25. The molecule has 2 amide bonds. The largest absolute Gasteiger partial charge is 0.445 e. The Morgan fingerprint density at radius 1 is 1.19 bits per heavy atom. The van der Waals surface area contributed by atoms with Gasteiger partial charge in [-0.25, -0.2) is 4.79 Å². The van der Waals surface area contributed by atoms with E-state index in [1.807, 2.05) is 51.1 Å². The molecule has 21 heavy (non-hydrogen) atoms. The smallest absolute Gasteiger partial charge is 0.408 e. The summed E-state index contributed by atoms with van der Waals surface area (Å²) in [5, 5.41) is 5.38. The van der Waals surface area contributed by atoms with Crippen molar-refractivity contribution in [1.82, 2.24) is 10.6 Å². The molecule has 1 aromatic rings. The molecule has 0 aliphatic rings. The van der Waals surface area contributed by atoms with Crippen molar-refractivity contribution in [2.24, 2.45) is 5.92 Å². The molecule has 0 radical (unpaired) electrons. The third kappa shape index (κ3) is 5.85. The first-order valence-electron chi connectivity index (χ1n) is 7.33. The van der Waals surface area contributed by atoms with Crippen LogP contribution in [0.1, 0.15) is 32.8 Å². The van der Waals surface area contributed by atoms with Crippen LogP contribution in [-0.2, 0) is 16.1 Å². The van der Waals surface area contributed by atoms with Gasteiger partial charge in [0, 0.05) is 6.54 Å². The van der Waals surface area contributed by atoms with Gasteiger partial charge in [-0.05, 0) is 18.4 Å². The number of amides is 2. The van der Waals surface area contributed by atoms with E-state index in [-0.39, 0.29) is 18.4 Å². The van der Waals surface area contributed by atoms with Gasteiger partial charge in [-0.15, -0.1) is 0 Å². The van der Waals surface area contributed by atoms with E-state index in [1.165, 1.54) is 0 Å². The van der Waals surface area contributed by atoms with Crippen molar-refractivity contribution in [3.8, 4) is 0 Å². The molecule has 0 heterocycles. The number of likely N-dealkylation sites (N-methyl/N-ethyl adjacent to an activating group) is 1. The lowest BCUT2D eigenvalue weighted by Crippen LogP contribution is -2.50. The summed E-state index contributed by atoms with van der Waals surface area (Å²) in [7, 11) is 0. The van der Waals surface area contributed by atoms with Crippen molar-refractivity contribution in [3.63, 3.8) is 0 Å². The van der Waals surface area contributed by atoms with Gasteiger partial charge in [-0.3, -0.25) is 4.79 Å². The molecule has 5 heteroatoms. The molecule has 5 nitrogen and oxygen atoms in total. The Kier molecular flexibility index (Phi) is 7.29. The summed E-state index contributed by atoms with van der Waals surface area (Å²) in [6.07, 6.45) is 0.219. The molecule has 0 fully saturated rings. The third-order valence-corrected chi connectivity index (χ3v) is 3.33. The number of rotatable bonds is 7. The molecule has 0 aliphatic carbocycles. The summed E-state index contributed by atoms with van der Waals surface area (Å²) in [6.45, 7) is 6.48. The van der Waals surface area contributed by atoms with Gasteiger partial charge in [0.05, 0.1) is 0 Å². The van der Waals surface area contributed by atoms with Crippen LogP contribution >= 0.6 is 0 Å². The van der Waals surface area contributed by atoms with E-state index in [0.717, 1.165) is 12.0 Å². The first-order valence-corrected chi connectivity index (χ1v) is 7.33. The fraction of sp³-hybridized carbons (Fsp3) is 0.500. The lowest BCUT2D eigenvalue weighted by atomic mass is 9.98. The maximum atomic E-state index is 12.0. The number of hydrogen-bond donors (Lipinski definition) is 2. The Labute approximate surface area is 126 Å². The third-order valence-electron chi connectivity index (χ3n) is 3.33. The summed E-state index contributed by atoms with van der Waals surface area (Å²) in [5.74, 6) is -0.135. The Balaban J connectivity index is 2.53. The zero-order valence-corrected chi connectivity index (χ0v) is 12.9. The second-order valence-electron chi connectivity index (χ2n) is 4.96. The standard InChI is InChI=1S/C16H24N2O3/c1-4-12(3)14(15(19)17-5-2)18-16(20)21-11-13-9-7-6-8-10-13/h6-10,12,14H,4-5,11H2,1-3H3,(H,17,19)(H,18,20)/t12-,14-/m0/s1. The van der Waals surface area contributed by atoms with E-state index in [1.54, 1.807) is 0 Å². The van der Waals surface area contributed by atoms with E-state index in [4.69, 9.17) is 4.74 Å². The van der Waals surface area contributed by atoms with E-state index < -0.39 is 12.1 Å². The SMILES string of the molecule is CCNC(=O)[C@@H](NC(=O)OCc1ccccc1)[C@@H](C)CC. The summed E-state index contributed by atoms with van der Waals surface area (Å²) in [4.78, 5) is 23.8. The average Bonchev–Trinajstić information content (AvgIpc) is 2.51. The Morgan fingerprint density at radius 2 is 1.86 bits per heavy atom. The molecule has 2 atom stereocenters. The number of ether oxygens (including phenoxy) is 1. The fourth-order valence-electron chi connectivity index (χ4n) is 1.88. The van der Waals surface area contributed by atoms with Crippen LogP contribution in [0.25, 0.3) is 0 Å². The van der Waals surface area contributed by atoms with Gasteiger partial charge in [0.15, 0.2) is 0 Å². The van der Waals surface area contributed by atoms with Crippen LogP contribution in [-0.4, -0.2) is 24.6 Å². The van der Waals surface area contributed by atoms with Crippen LogP contribution in [0.3, 0.4) is 0 Å². The van der Waals surface area contributed by atoms with Gasteiger partial charge >= 0.3 is 6.09 Å². The highest BCUT2D eigenvalue weighted by atomic mass is 16.5. The fourth-order valence-corrected chi connectivity index (χ4v) is 1.88. The quantitative estimate of drug-likeness (QED) is 0.811. The maximum Gasteiger partial charge on any atom is 0.408 e. The van der Waals surface area contributed by atoms with Gasteiger partial charge in [-0.2, -0.15) is 0 Å². The zero-order valence-electron chi connectivity index (χ0n) is 12.9. The molecular weight excluding hydrogens is 268 g/mol. The summed E-state index contributed by atoms with van der Waals surface area (Å²) < 4.78 is 5.15. The van der Waals surface area contributed by atoms with Crippen LogP contribution in [0.4, 0.5) is 4.79 Å². The summed E-state index contributed by atoms with van der Waals surface area (Å²) >= 11 is 0. The second-order valence-corrected chi connectivity index (χ2v) is 4.96. The second kappa shape index (κ2) is 9.00. The molecule has 0 saturated carbocycles. The predicted molar refractivity (Wildman–Crippen MR) is 81.7 cm³/mol. The molecule has 0 aliphatic heterocycles. The normalized spacial score (nSPS) is 13.1. The van der Waals surface area contributed by atoms with Crippen LogP contribution in [0.2, 0.25) is 0 Å². The van der Waals surface area contributed by atoms with Gasteiger partial charge in [-0.1, -0.05) is 50.6 Å². The minimum Gasteiger partial charge on any atom is -0.445 e. The Bertz CT molecular complexity index is 448. The monoisotopic (exact) mass is 292 g/mol. The van der Waals surface area contributed by atoms with Crippen molar-refractivity contribution in [2.45, 2.75) is 39.8 Å². The van der Waals surface area contributed by atoms with Crippen molar-refractivity contribution < 1.29 is 14.3 Å². The van der Waals surface area contributed by atoms with Crippen LogP contribution in [0.15, 0.2) is 30.3 Å². The maximum absolute atomic E-state index is 12.0. The van der Waals surface area contributed by atoms with Gasteiger partial charge < -0.3 is 15.4 Å². The van der Waals surface area contributed by atoms with Gasteiger partial charge in [0.2, 0.25) is 5.91 Å². The minimum atomic E-state index is -0.574. The molecule has 1 rings (SSSR count). The van der Waals surface area contributed by atoms with E-state index in [0.29, 0.717) is 6.54 Å². The van der Waals surface area contributed by atoms with Crippen molar-refractivity contribution in [3.05, 3.63) is 35.9 Å². The van der Waals surface area contributed by atoms with Crippen molar-refractivity contribution in [1.29, 1.82) is 0 Å². The van der Waals surface area contributed by atoms with Crippen LogP contribution in [0, 0.1) is 5.92 Å². The Hall–Kier alpha value is -2.04. The number of carbonyl (C=O) groups excluding carboxylic acids is 2. The van der Waals surface area contributed by atoms with Crippen LogP contribution in [0.5, 0.6) is 0 Å². The molecule has 0 unspecified atom stereocenters. The highest BCUT2D eigenvalue weighted by molar-refractivity contribution is 5.85. The van der Waals surface area contributed by atoms with Gasteiger partial charge in [0.25, 0.3) is 0 Å². The molecule has 0 aromatic heterocycles. The number of benzene rings is 1. The van der Waals surface area contributed by atoms with Crippen molar-refractivity contribution in [2.75, 3.05) is 6.54 Å². The molecule has 0 bridgehead atoms. The average molecular weight is 292 g/mol. The first-order chi connectivity index (χ1) is 10.1. The van der Waals surface area contributed by atoms with Crippen LogP contribution < -0.4 is 10.6 Å². The molecule has 0 saturated heterocycles. The minimum absolute atomic E-state index is 0.0424. The van der Waals surface area contributed by atoms with E-state index in [2.05, 4.69) is 10.6 Å². The number of hydrogen-bond acceptors (Lipinski definition) is 3. The van der Waals surface area contributed by atoms with E-state index in [9.17, 15) is 9.59 Å². The molecule has 116 valence electrons. The highest BCUT2D eigenvalue weighted by Crippen LogP contribution is 2.09. The predicted octanol–water partition coefficient (Wildman–Crippen LogP) is 2.46. The number of alkyl carbamates (subject to hydrolysis) is 1. The lowest BCUT2D eigenvalue weighted by Gasteiger charge is -2.22. The zero-order chi connectivity index (χ0) is 15.7. The first kappa shape index (κ1) is 17.0. The molecule has 1 aromatic carbocycles. The number of nitrogens with one attached hydrogen (secondary N) is 2. The molecule has 0 spiro atoms. The summed E-state index contributed by atoms with van der Waals surface area (Å²) in [6, 6.07) is 8.85. The van der Waals surface area contributed by atoms with Crippen molar-refractivity contribution >= 4 is 12.0 Å². The van der Waals surface area contributed by atoms with E-state index >= 15 is 0 Å². The molecular formula is C16H24N2O3. The topological polar surface area (TPSA) is 67.4 Å². The number of carbonyl (C=O) groups is 2. The lowest BCUT2D eigenvalue weighted by molar-refractivity contribution is -0.124. The molecule has 2 N–H and O–H groups in total. The summed E-state index contributed by atoms with van der Waals surface area (Å²) in [5.41, 5.74) is 0.908.